The van der Waals surface area contributed by atoms with Gasteiger partial charge in [0.05, 0.1) is 21.9 Å². The number of nitrogens with two attached hydrogens (primary N) is 1. The largest absolute Gasteiger partial charge is 0.465 e. The molecule has 0 spiro atoms. The number of rotatable bonds is 3. The summed E-state index contributed by atoms with van der Waals surface area (Å²) < 4.78 is 11.3. The van der Waals surface area contributed by atoms with Gasteiger partial charge in [-0.25, -0.2) is 4.79 Å². The van der Waals surface area contributed by atoms with Gasteiger partial charge in [-0.2, -0.15) is 0 Å². The number of carbonyl (C=O) groups is 1. The molecule has 0 saturated heterocycles. The van der Waals surface area contributed by atoms with Crippen LogP contribution in [0.1, 0.15) is 10.4 Å². The Morgan fingerprint density at radius 1 is 1.16 bits per heavy atom. The van der Waals surface area contributed by atoms with Crippen LogP contribution in [0, 0.1) is 3.57 Å². The Morgan fingerprint density at radius 3 is 2.53 bits per heavy atom. The van der Waals surface area contributed by atoms with Crippen LogP contribution in [0.5, 0.6) is 11.5 Å². The Balaban J connectivity index is 2.27. The number of ether oxygens (including phenoxy) is 2. The molecular formula is C14H12INO3. The lowest BCUT2D eigenvalue weighted by atomic mass is 10.2. The summed E-state index contributed by atoms with van der Waals surface area (Å²) in [7, 11) is 1.33. The van der Waals surface area contributed by atoms with E-state index in [1.54, 1.807) is 12.1 Å². The Morgan fingerprint density at radius 2 is 1.89 bits per heavy atom. The van der Waals surface area contributed by atoms with Gasteiger partial charge in [-0.15, -0.1) is 0 Å². The molecule has 0 saturated carbocycles. The van der Waals surface area contributed by atoms with Crippen LogP contribution in [-0.4, -0.2) is 13.1 Å². The van der Waals surface area contributed by atoms with E-state index in [0.29, 0.717) is 17.0 Å². The summed E-state index contributed by atoms with van der Waals surface area (Å²) in [6, 6.07) is 12.4. The maximum absolute atomic E-state index is 11.4. The number of hydrogen-bond acceptors (Lipinski definition) is 4. The van der Waals surface area contributed by atoms with Crippen LogP contribution >= 0.6 is 22.6 Å². The fraction of sp³-hybridized carbons (Fsp3) is 0.0714. The van der Waals surface area contributed by atoms with Crippen molar-refractivity contribution in [2.24, 2.45) is 0 Å². The third-order valence-corrected chi connectivity index (χ3v) is 3.38. The number of hydrogen-bond donors (Lipinski definition) is 1. The van der Waals surface area contributed by atoms with Gasteiger partial charge in [-0.1, -0.05) is 12.1 Å². The predicted octanol–water partition coefficient (Wildman–Crippen LogP) is 3.45. The van der Waals surface area contributed by atoms with Crippen molar-refractivity contribution in [3.8, 4) is 11.5 Å². The molecule has 98 valence electrons. The van der Waals surface area contributed by atoms with Crippen LogP contribution in [0.15, 0.2) is 42.5 Å². The number of nitrogen functional groups attached to an aromatic ring is 1. The number of anilines is 1. The minimum absolute atomic E-state index is 0.391. The van der Waals surface area contributed by atoms with E-state index in [9.17, 15) is 4.79 Å². The van der Waals surface area contributed by atoms with E-state index >= 15 is 0 Å². The number of para-hydroxylation sites is 1. The van der Waals surface area contributed by atoms with Crippen molar-refractivity contribution in [2.45, 2.75) is 0 Å². The highest BCUT2D eigenvalue weighted by Gasteiger charge is 2.10. The highest BCUT2D eigenvalue weighted by Crippen LogP contribution is 2.31. The molecule has 19 heavy (non-hydrogen) atoms. The third-order valence-electron chi connectivity index (χ3n) is 2.49. The minimum atomic E-state index is -0.424. The summed E-state index contributed by atoms with van der Waals surface area (Å²) >= 11 is 2.18. The van der Waals surface area contributed by atoms with Gasteiger partial charge in [0, 0.05) is 0 Å². The molecule has 2 aromatic rings. The zero-order valence-electron chi connectivity index (χ0n) is 10.2. The van der Waals surface area contributed by atoms with E-state index in [4.69, 9.17) is 10.5 Å². The van der Waals surface area contributed by atoms with Crippen molar-refractivity contribution in [1.82, 2.24) is 0 Å². The van der Waals surface area contributed by atoms with E-state index in [0.717, 1.165) is 9.32 Å². The normalized spacial score (nSPS) is 10.0. The number of halogens is 1. The van der Waals surface area contributed by atoms with Gasteiger partial charge in [-0.05, 0) is 52.9 Å². The summed E-state index contributed by atoms with van der Waals surface area (Å²) in [6.45, 7) is 0. The third kappa shape index (κ3) is 3.17. The van der Waals surface area contributed by atoms with Crippen molar-refractivity contribution in [2.75, 3.05) is 12.8 Å². The quantitative estimate of drug-likeness (QED) is 0.512. The van der Waals surface area contributed by atoms with Gasteiger partial charge < -0.3 is 15.2 Å². The molecule has 0 atom stereocenters. The van der Waals surface area contributed by atoms with Crippen molar-refractivity contribution < 1.29 is 14.3 Å². The number of esters is 1. The van der Waals surface area contributed by atoms with Gasteiger partial charge in [-0.3, -0.25) is 0 Å². The van der Waals surface area contributed by atoms with Gasteiger partial charge in [0.2, 0.25) is 0 Å². The molecule has 0 aliphatic rings. The van der Waals surface area contributed by atoms with Crippen molar-refractivity contribution in [3.63, 3.8) is 0 Å². The molecule has 4 nitrogen and oxygen atoms in total. The topological polar surface area (TPSA) is 61.5 Å². The minimum Gasteiger partial charge on any atom is -0.465 e. The fourth-order valence-corrected chi connectivity index (χ4v) is 2.03. The monoisotopic (exact) mass is 369 g/mol. The van der Waals surface area contributed by atoms with Gasteiger partial charge in [0.1, 0.15) is 11.5 Å². The number of carbonyl (C=O) groups excluding carboxylic acids is 1. The van der Waals surface area contributed by atoms with Crippen molar-refractivity contribution in [1.29, 1.82) is 0 Å². The lowest BCUT2D eigenvalue weighted by Gasteiger charge is -2.10. The van der Waals surface area contributed by atoms with E-state index in [-0.39, 0.29) is 0 Å². The van der Waals surface area contributed by atoms with E-state index in [1.807, 2.05) is 24.3 Å². The molecule has 0 fully saturated rings. The lowest BCUT2D eigenvalue weighted by Crippen LogP contribution is -2.02. The van der Waals surface area contributed by atoms with Crippen LogP contribution in [-0.2, 0) is 4.74 Å². The second-order valence-corrected chi connectivity index (χ2v) is 4.94. The zero-order valence-corrected chi connectivity index (χ0v) is 12.4. The molecule has 0 aliphatic heterocycles. The predicted molar refractivity (Wildman–Crippen MR) is 81.4 cm³/mol. The molecule has 2 rings (SSSR count). The zero-order chi connectivity index (χ0) is 13.8. The molecule has 0 bridgehead atoms. The van der Waals surface area contributed by atoms with Crippen LogP contribution in [0.3, 0.4) is 0 Å². The first kappa shape index (κ1) is 13.7. The van der Waals surface area contributed by atoms with E-state index < -0.39 is 5.97 Å². The lowest BCUT2D eigenvalue weighted by molar-refractivity contribution is 0.0601. The highest BCUT2D eigenvalue weighted by molar-refractivity contribution is 14.1. The molecule has 0 aromatic heterocycles. The molecule has 0 aliphatic carbocycles. The fourth-order valence-electron chi connectivity index (χ4n) is 1.53. The van der Waals surface area contributed by atoms with Gasteiger partial charge in [0.15, 0.2) is 0 Å². The van der Waals surface area contributed by atoms with E-state index in [1.165, 1.54) is 13.2 Å². The smallest absolute Gasteiger partial charge is 0.337 e. The Labute approximate surface area is 124 Å². The molecule has 0 heterocycles. The Kier molecular flexibility index (Phi) is 4.26. The summed E-state index contributed by atoms with van der Waals surface area (Å²) in [4.78, 5) is 11.4. The molecular weight excluding hydrogens is 357 g/mol. The average Bonchev–Trinajstić information content (AvgIpc) is 2.42. The Bertz CT molecular complexity index is 613. The second kappa shape index (κ2) is 5.92. The first-order valence-electron chi connectivity index (χ1n) is 5.52. The highest BCUT2D eigenvalue weighted by atomic mass is 127. The summed E-state index contributed by atoms with van der Waals surface area (Å²) in [6.07, 6.45) is 0. The molecule has 0 amide bonds. The van der Waals surface area contributed by atoms with Crippen LogP contribution in [0.25, 0.3) is 0 Å². The molecule has 0 unspecified atom stereocenters. The van der Waals surface area contributed by atoms with Crippen LogP contribution in [0.4, 0.5) is 5.69 Å². The van der Waals surface area contributed by atoms with Gasteiger partial charge >= 0.3 is 5.97 Å². The van der Waals surface area contributed by atoms with Crippen LogP contribution in [0.2, 0.25) is 0 Å². The Hall–Kier alpha value is -1.76. The standard InChI is InChI=1S/C14H12INO3/c1-18-14(17)9-6-7-13(11(16)8-9)19-12-5-3-2-4-10(12)15/h2-8H,16H2,1H3. The number of benzene rings is 2. The average molecular weight is 369 g/mol. The number of methoxy groups -OCH3 is 1. The van der Waals surface area contributed by atoms with Gasteiger partial charge in [0.25, 0.3) is 0 Å². The van der Waals surface area contributed by atoms with Crippen molar-refractivity contribution in [3.05, 3.63) is 51.6 Å². The molecule has 0 radical (unpaired) electrons. The first-order valence-corrected chi connectivity index (χ1v) is 6.60. The summed E-state index contributed by atoms with van der Waals surface area (Å²) in [5.74, 6) is 0.810. The van der Waals surface area contributed by atoms with Crippen LogP contribution < -0.4 is 10.5 Å². The molecule has 5 heteroatoms. The molecule has 2 N–H and O–H groups in total. The van der Waals surface area contributed by atoms with E-state index in [2.05, 4.69) is 27.3 Å². The maximum Gasteiger partial charge on any atom is 0.337 e. The second-order valence-electron chi connectivity index (χ2n) is 3.78. The maximum atomic E-state index is 11.4. The van der Waals surface area contributed by atoms with Crippen molar-refractivity contribution >= 4 is 34.2 Å². The SMILES string of the molecule is COC(=O)c1ccc(Oc2ccccc2I)c(N)c1. The summed E-state index contributed by atoms with van der Waals surface area (Å²) in [5, 5.41) is 0. The first-order chi connectivity index (χ1) is 9.11. The molecule has 2 aromatic carbocycles. The summed E-state index contributed by atoms with van der Waals surface area (Å²) in [5.41, 5.74) is 6.67.